The molecule has 160 valence electrons. The van der Waals surface area contributed by atoms with Crippen molar-refractivity contribution in [1.29, 1.82) is 0 Å². The molecule has 30 heavy (non-hydrogen) atoms. The Balaban J connectivity index is 2.02. The number of anilines is 1. The predicted octanol–water partition coefficient (Wildman–Crippen LogP) is 4.46. The molecule has 1 unspecified atom stereocenters. The highest BCUT2D eigenvalue weighted by atomic mass is 35.5. The first-order chi connectivity index (χ1) is 14.0. The van der Waals surface area contributed by atoms with Crippen molar-refractivity contribution < 1.29 is 27.5 Å². The molecule has 0 aromatic heterocycles. The zero-order chi connectivity index (χ0) is 22.5. The van der Waals surface area contributed by atoms with Crippen molar-refractivity contribution in [3.8, 4) is 5.75 Å². The number of hydrogen-bond acceptors (Lipinski definition) is 4. The first-order valence-electron chi connectivity index (χ1n) is 8.73. The summed E-state index contributed by atoms with van der Waals surface area (Å²) in [5.41, 5.74) is 3.79. The van der Waals surface area contributed by atoms with Crippen LogP contribution >= 0.6 is 11.6 Å². The number of carbonyl (C=O) groups is 2. The number of nitrogens with one attached hydrogen (secondary N) is 2. The smallest absolute Gasteiger partial charge is 0.471 e. The van der Waals surface area contributed by atoms with Crippen LogP contribution in [0, 0.1) is 6.92 Å². The molecule has 0 heterocycles. The molecule has 6 nitrogen and oxygen atoms in total. The molecule has 2 N–H and O–H groups in total. The van der Waals surface area contributed by atoms with E-state index in [0.29, 0.717) is 22.0 Å². The Bertz CT molecular complexity index is 977. The van der Waals surface area contributed by atoms with E-state index in [9.17, 15) is 22.8 Å². The van der Waals surface area contributed by atoms with Crippen LogP contribution < -0.4 is 15.5 Å². The Morgan fingerprint density at radius 2 is 1.87 bits per heavy atom. The molecule has 0 aliphatic carbocycles. The number of rotatable bonds is 6. The summed E-state index contributed by atoms with van der Waals surface area (Å²) in [4.78, 5) is 23.3. The van der Waals surface area contributed by atoms with Gasteiger partial charge in [-0.1, -0.05) is 23.7 Å². The number of hydrazone groups is 1. The lowest BCUT2D eigenvalue weighted by Gasteiger charge is -2.15. The number of hydrogen-bond donors (Lipinski definition) is 2. The summed E-state index contributed by atoms with van der Waals surface area (Å²) < 4.78 is 42.7. The van der Waals surface area contributed by atoms with Crippen molar-refractivity contribution in [2.24, 2.45) is 5.10 Å². The van der Waals surface area contributed by atoms with E-state index in [4.69, 9.17) is 16.3 Å². The molecular formula is C20H19ClF3N3O3. The van der Waals surface area contributed by atoms with Gasteiger partial charge >= 0.3 is 12.1 Å². The van der Waals surface area contributed by atoms with Gasteiger partial charge in [0.1, 0.15) is 5.75 Å². The summed E-state index contributed by atoms with van der Waals surface area (Å²) in [5.74, 6) is -2.10. The van der Waals surface area contributed by atoms with Crippen LogP contribution in [0.3, 0.4) is 0 Å². The van der Waals surface area contributed by atoms with E-state index in [1.807, 2.05) is 0 Å². The van der Waals surface area contributed by atoms with Gasteiger partial charge in [-0.05, 0) is 62.2 Å². The van der Waals surface area contributed by atoms with Gasteiger partial charge in [0.15, 0.2) is 6.10 Å². The summed E-state index contributed by atoms with van der Waals surface area (Å²) >= 11 is 5.89. The van der Waals surface area contributed by atoms with Gasteiger partial charge in [-0.15, -0.1) is 0 Å². The Labute approximate surface area is 176 Å². The van der Waals surface area contributed by atoms with E-state index in [1.54, 1.807) is 50.4 Å². The number of halogens is 4. The van der Waals surface area contributed by atoms with Gasteiger partial charge < -0.3 is 10.1 Å². The molecule has 2 aromatic carbocycles. The van der Waals surface area contributed by atoms with Gasteiger partial charge in [0.25, 0.3) is 5.91 Å². The van der Waals surface area contributed by atoms with Crippen molar-refractivity contribution >= 4 is 34.8 Å². The number of amides is 2. The zero-order valence-electron chi connectivity index (χ0n) is 16.3. The van der Waals surface area contributed by atoms with Gasteiger partial charge in [-0.25, -0.2) is 5.43 Å². The predicted molar refractivity (Wildman–Crippen MR) is 108 cm³/mol. The van der Waals surface area contributed by atoms with Crippen LogP contribution in [0.4, 0.5) is 18.9 Å². The van der Waals surface area contributed by atoms with E-state index >= 15 is 0 Å². The number of alkyl halides is 3. The van der Waals surface area contributed by atoms with Crippen molar-refractivity contribution in [1.82, 2.24) is 5.43 Å². The van der Waals surface area contributed by atoms with E-state index in [0.717, 1.165) is 5.56 Å². The number of ether oxygens (including phenoxy) is 1. The third-order valence-corrected chi connectivity index (χ3v) is 4.17. The van der Waals surface area contributed by atoms with Gasteiger partial charge in [0.05, 0.1) is 5.71 Å². The molecule has 2 rings (SSSR count). The maximum atomic E-state index is 12.4. The molecule has 0 spiro atoms. The third-order valence-electron chi connectivity index (χ3n) is 3.94. The number of carbonyl (C=O) groups excluding carboxylic acids is 2. The molecule has 0 bridgehead atoms. The van der Waals surface area contributed by atoms with E-state index < -0.39 is 24.1 Å². The second-order valence-corrected chi connectivity index (χ2v) is 6.81. The molecule has 2 amide bonds. The van der Waals surface area contributed by atoms with Crippen LogP contribution in [0.2, 0.25) is 5.02 Å². The highest BCUT2D eigenvalue weighted by molar-refractivity contribution is 6.30. The summed E-state index contributed by atoms with van der Waals surface area (Å²) in [6, 6.07) is 10.6. The Kier molecular flexibility index (Phi) is 7.44. The Hall–Kier alpha value is -3.07. The minimum absolute atomic E-state index is 0.0504. The van der Waals surface area contributed by atoms with Gasteiger partial charge in [0, 0.05) is 10.7 Å². The van der Waals surface area contributed by atoms with Crippen LogP contribution in [-0.2, 0) is 9.59 Å². The zero-order valence-corrected chi connectivity index (χ0v) is 17.1. The lowest BCUT2D eigenvalue weighted by atomic mass is 10.1. The summed E-state index contributed by atoms with van der Waals surface area (Å²) in [6.07, 6.45) is -5.86. The van der Waals surface area contributed by atoms with E-state index in [1.165, 1.54) is 18.2 Å². The minimum Gasteiger partial charge on any atom is -0.481 e. The lowest BCUT2D eigenvalue weighted by Crippen LogP contribution is -2.34. The van der Waals surface area contributed by atoms with Gasteiger partial charge in [0.2, 0.25) is 0 Å². The summed E-state index contributed by atoms with van der Waals surface area (Å²) in [5, 5.41) is 6.25. The highest BCUT2D eigenvalue weighted by Gasteiger charge is 2.38. The average molecular weight is 442 g/mol. The van der Waals surface area contributed by atoms with Crippen LogP contribution in [-0.4, -0.2) is 29.8 Å². The Morgan fingerprint density at radius 1 is 1.17 bits per heavy atom. The summed E-state index contributed by atoms with van der Waals surface area (Å²) in [6.45, 7) is 4.89. The lowest BCUT2D eigenvalue weighted by molar-refractivity contribution is -0.167. The maximum absolute atomic E-state index is 12.4. The van der Waals surface area contributed by atoms with Crippen molar-refractivity contribution in [3.05, 3.63) is 58.6 Å². The van der Waals surface area contributed by atoms with Crippen LogP contribution in [0.15, 0.2) is 47.6 Å². The molecule has 2 aromatic rings. The monoisotopic (exact) mass is 441 g/mol. The van der Waals surface area contributed by atoms with Gasteiger partial charge in [-0.2, -0.15) is 18.3 Å². The van der Waals surface area contributed by atoms with Crippen molar-refractivity contribution in [2.75, 3.05) is 5.32 Å². The second kappa shape index (κ2) is 9.62. The normalized spacial score (nSPS) is 12.8. The minimum atomic E-state index is -4.99. The fraction of sp³-hybridized carbons (Fsp3) is 0.250. The molecule has 1 atom stereocenters. The number of benzene rings is 2. The topological polar surface area (TPSA) is 79.8 Å². The van der Waals surface area contributed by atoms with E-state index in [2.05, 4.69) is 10.5 Å². The molecule has 0 aliphatic heterocycles. The molecule has 0 saturated carbocycles. The average Bonchev–Trinajstić information content (AvgIpc) is 2.67. The first-order valence-corrected chi connectivity index (χ1v) is 9.10. The molecular weight excluding hydrogens is 423 g/mol. The van der Waals surface area contributed by atoms with Crippen LogP contribution in [0.25, 0.3) is 0 Å². The largest absolute Gasteiger partial charge is 0.481 e. The molecule has 0 radical (unpaired) electrons. The summed E-state index contributed by atoms with van der Waals surface area (Å²) in [7, 11) is 0. The molecule has 10 heteroatoms. The second-order valence-electron chi connectivity index (χ2n) is 6.38. The third kappa shape index (κ3) is 6.48. The quantitative estimate of drug-likeness (QED) is 0.513. The maximum Gasteiger partial charge on any atom is 0.471 e. The van der Waals surface area contributed by atoms with Crippen molar-refractivity contribution in [2.45, 2.75) is 33.1 Å². The van der Waals surface area contributed by atoms with Crippen LogP contribution in [0.5, 0.6) is 5.75 Å². The molecule has 0 aliphatic rings. The van der Waals surface area contributed by atoms with Gasteiger partial charge in [-0.3, -0.25) is 9.59 Å². The first kappa shape index (κ1) is 23.2. The molecule has 0 fully saturated rings. The fourth-order valence-electron chi connectivity index (χ4n) is 2.31. The Morgan fingerprint density at radius 3 is 2.50 bits per heavy atom. The SMILES string of the molecule is C/C(=N/NC(=O)C(C)Oc1ccc(Cl)cc1C)c1cccc(NC(=O)C(F)(F)F)c1. The fourth-order valence-corrected chi connectivity index (χ4v) is 2.53. The highest BCUT2D eigenvalue weighted by Crippen LogP contribution is 2.23. The van der Waals surface area contributed by atoms with Crippen LogP contribution in [0.1, 0.15) is 25.0 Å². The van der Waals surface area contributed by atoms with Crippen molar-refractivity contribution in [3.63, 3.8) is 0 Å². The number of aryl methyl sites for hydroxylation is 1. The number of nitrogens with zero attached hydrogens (tertiary/aromatic N) is 1. The standard InChI is InChI=1S/C20H19ClF3N3O3/c1-11-9-15(21)7-8-17(11)30-13(3)18(28)27-26-12(2)14-5-4-6-16(10-14)25-19(29)20(22,23)24/h4-10,13H,1-3H3,(H,25,29)(H,27,28)/b26-12-. The van der Waals surface area contributed by atoms with E-state index in [-0.39, 0.29) is 5.69 Å². The molecule has 0 saturated heterocycles.